The van der Waals surface area contributed by atoms with E-state index in [0.29, 0.717) is 30.5 Å². The maximum absolute atomic E-state index is 12.8. The van der Waals surface area contributed by atoms with Crippen molar-refractivity contribution in [2.75, 3.05) is 20.3 Å². The molecule has 2 amide bonds. The maximum Gasteiger partial charge on any atom is 0.257 e. The van der Waals surface area contributed by atoms with E-state index in [-0.39, 0.29) is 43.0 Å². The second-order valence-corrected chi connectivity index (χ2v) is 6.84. The van der Waals surface area contributed by atoms with Gasteiger partial charge in [-0.15, -0.1) is 0 Å². The summed E-state index contributed by atoms with van der Waals surface area (Å²) in [6.45, 7) is 2.04. The Morgan fingerprint density at radius 2 is 2.19 bits per heavy atom. The van der Waals surface area contributed by atoms with Crippen LogP contribution in [0.5, 0.6) is 0 Å². The highest BCUT2D eigenvalue weighted by Gasteiger charge is 2.35. The van der Waals surface area contributed by atoms with E-state index in [0.717, 1.165) is 5.56 Å². The van der Waals surface area contributed by atoms with E-state index < -0.39 is 0 Å². The summed E-state index contributed by atoms with van der Waals surface area (Å²) in [4.78, 5) is 29.3. The van der Waals surface area contributed by atoms with Gasteiger partial charge in [-0.05, 0) is 31.7 Å². The Bertz CT molecular complexity index is 821. The van der Waals surface area contributed by atoms with Crippen LogP contribution in [0, 0.1) is 12.8 Å². The van der Waals surface area contributed by atoms with Gasteiger partial charge in [-0.3, -0.25) is 9.59 Å². The molecule has 0 saturated heterocycles. The first kappa shape index (κ1) is 19.2. The van der Waals surface area contributed by atoms with Crippen molar-refractivity contribution in [3.8, 4) is 0 Å². The van der Waals surface area contributed by atoms with E-state index in [2.05, 4.69) is 20.7 Å². The number of aromatic nitrogens is 3. The quantitative estimate of drug-likeness (QED) is 0.657. The highest BCUT2D eigenvalue weighted by atomic mass is 16.5. The number of carbonyl (C=O) groups is 2. The summed E-state index contributed by atoms with van der Waals surface area (Å²) in [5, 5.41) is 18.7. The van der Waals surface area contributed by atoms with Crippen molar-refractivity contribution >= 4 is 17.5 Å². The van der Waals surface area contributed by atoms with Crippen LogP contribution in [-0.2, 0) is 9.53 Å². The third kappa shape index (κ3) is 4.25. The van der Waals surface area contributed by atoms with E-state index in [9.17, 15) is 9.59 Å². The first-order valence-corrected chi connectivity index (χ1v) is 9.05. The minimum Gasteiger partial charge on any atom is -0.395 e. The second kappa shape index (κ2) is 8.45. The molecule has 3 atom stereocenters. The number of rotatable bonds is 6. The van der Waals surface area contributed by atoms with E-state index >= 15 is 0 Å². The van der Waals surface area contributed by atoms with Crippen molar-refractivity contribution in [1.82, 2.24) is 25.2 Å². The van der Waals surface area contributed by atoms with Crippen LogP contribution in [0.15, 0.2) is 18.6 Å². The van der Waals surface area contributed by atoms with E-state index in [1.807, 2.05) is 6.92 Å². The van der Waals surface area contributed by atoms with Crippen LogP contribution in [0.1, 0.15) is 35.2 Å². The number of aliphatic hydroxyl groups is 1. The fourth-order valence-electron chi connectivity index (χ4n) is 3.51. The van der Waals surface area contributed by atoms with Crippen LogP contribution in [0.3, 0.4) is 0 Å². The topological polar surface area (TPSA) is 118 Å². The lowest BCUT2D eigenvalue weighted by atomic mass is 9.83. The van der Waals surface area contributed by atoms with Crippen LogP contribution < -0.4 is 10.6 Å². The molecule has 0 bridgehead atoms. The lowest BCUT2D eigenvalue weighted by Crippen LogP contribution is -2.50. The molecule has 2 aromatic rings. The van der Waals surface area contributed by atoms with Gasteiger partial charge in [0.2, 0.25) is 5.91 Å². The molecule has 146 valence electrons. The highest BCUT2D eigenvalue weighted by molar-refractivity contribution is 5.99. The molecule has 0 spiro atoms. The summed E-state index contributed by atoms with van der Waals surface area (Å²) in [6.07, 6.45) is 6.66. The van der Waals surface area contributed by atoms with Crippen molar-refractivity contribution in [1.29, 1.82) is 0 Å². The Hall–Kier alpha value is -2.52. The third-order valence-electron chi connectivity index (χ3n) is 4.92. The molecular weight excluding hydrogens is 350 g/mol. The van der Waals surface area contributed by atoms with Gasteiger partial charge < -0.3 is 20.5 Å². The first-order valence-electron chi connectivity index (χ1n) is 9.05. The van der Waals surface area contributed by atoms with Crippen LogP contribution in [0.2, 0.25) is 0 Å². The summed E-state index contributed by atoms with van der Waals surface area (Å²) in [6, 6.07) is -0.290. The summed E-state index contributed by atoms with van der Waals surface area (Å²) >= 11 is 0. The van der Waals surface area contributed by atoms with Gasteiger partial charge in [-0.25, -0.2) is 9.50 Å². The predicted molar refractivity (Wildman–Crippen MR) is 97.2 cm³/mol. The average Bonchev–Trinajstić information content (AvgIpc) is 3.09. The molecule has 3 N–H and O–H groups in total. The molecule has 1 fully saturated rings. The summed E-state index contributed by atoms with van der Waals surface area (Å²) in [5.74, 6) is -0.617. The van der Waals surface area contributed by atoms with E-state index in [1.54, 1.807) is 24.0 Å². The molecule has 2 heterocycles. The molecule has 0 unspecified atom stereocenters. The fraction of sp³-hybridized carbons (Fsp3) is 0.556. The number of aryl methyl sites for hydroxylation is 1. The normalized spacial score (nSPS) is 22.6. The van der Waals surface area contributed by atoms with Gasteiger partial charge >= 0.3 is 0 Å². The lowest BCUT2D eigenvalue weighted by Gasteiger charge is -2.35. The SMILES string of the molecule is CO[C@@H]1CC[C@H](C(=O)NCCO)C[C@H]1NC(=O)c1cnn2cc(C)cnc12. The molecule has 0 aromatic carbocycles. The minimum absolute atomic E-state index is 0.0967. The molecule has 1 saturated carbocycles. The van der Waals surface area contributed by atoms with Gasteiger partial charge in [0, 0.05) is 32.0 Å². The Morgan fingerprint density at radius 1 is 1.37 bits per heavy atom. The van der Waals surface area contributed by atoms with Crippen molar-refractivity contribution in [3.05, 3.63) is 29.7 Å². The van der Waals surface area contributed by atoms with Gasteiger partial charge in [0.25, 0.3) is 5.91 Å². The smallest absolute Gasteiger partial charge is 0.257 e. The number of carbonyl (C=O) groups excluding carboxylic acids is 2. The average molecular weight is 375 g/mol. The van der Waals surface area contributed by atoms with Crippen LogP contribution >= 0.6 is 0 Å². The monoisotopic (exact) mass is 375 g/mol. The number of amides is 2. The van der Waals surface area contributed by atoms with Gasteiger partial charge in [0.05, 0.1) is 24.9 Å². The molecular formula is C18H25N5O4. The Labute approximate surface area is 157 Å². The van der Waals surface area contributed by atoms with Gasteiger partial charge in [0.15, 0.2) is 5.65 Å². The lowest BCUT2D eigenvalue weighted by molar-refractivity contribution is -0.127. The van der Waals surface area contributed by atoms with Crippen molar-refractivity contribution in [2.24, 2.45) is 5.92 Å². The van der Waals surface area contributed by atoms with Gasteiger partial charge in [-0.2, -0.15) is 5.10 Å². The third-order valence-corrected chi connectivity index (χ3v) is 4.92. The van der Waals surface area contributed by atoms with Crippen molar-refractivity contribution in [3.63, 3.8) is 0 Å². The minimum atomic E-state index is -0.290. The molecule has 1 aliphatic rings. The molecule has 2 aromatic heterocycles. The molecule has 0 aliphatic heterocycles. The Kier molecular flexibility index (Phi) is 6.02. The number of aliphatic hydroxyl groups excluding tert-OH is 1. The number of nitrogens with one attached hydrogen (secondary N) is 2. The van der Waals surface area contributed by atoms with Crippen LogP contribution in [-0.4, -0.2) is 63.9 Å². The zero-order chi connectivity index (χ0) is 19.4. The number of methoxy groups -OCH3 is 1. The van der Waals surface area contributed by atoms with E-state index in [1.165, 1.54) is 6.20 Å². The molecule has 9 nitrogen and oxygen atoms in total. The van der Waals surface area contributed by atoms with Gasteiger partial charge in [-0.1, -0.05) is 0 Å². The number of ether oxygens (including phenoxy) is 1. The largest absolute Gasteiger partial charge is 0.395 e. The zero-order valence-corrected chi connectivity index (χ0v) is 15.5. The predicted octanol–water partition coefficient (Wildman–Crippen LogP) is 0.0597. The number of nitrogens with zero attached hydrogens (tertiary/aromatic N) is 3. The number of fused-ring (bicyclic) bond motifs is 1. The van der Waals surface area contributed by atoms with Crippen molar-refractivity contribution in [2.45, 2.75) is 38.3 Å². The molecule has 3 rings (SSSR count). The maximum atomic E-state index is 12.8. The van der Waals surface area contributed by atoms with Crippen LogP contribution in [0.4, 0.5) is 0 Å². The standard InChI is InChI=1S/C18H25N5O4/c1-11-8-20-16-13(9-21-23(16)10-11)18(26)22-14-7-12(3-4-15(14)27-2)17(25)19-5-6-24/h8-10,12,14-15,24H,3-7H2,1-2H3,(H,19,25)(H,22,26)/t12-,14+,15+/m0/s1. The second-order valence-electron chi connectivity index (χ2n) is 6.84. The highest BCUT2D eigenvalue weighted by Crippen LogP contribution is 2.27. The van der Waals surface area contributed by atoms with Crippen LogP contribution in [0.25, 0.3) is 5.65 Å². The first-order chi connectivity index (χ1) is 13.0. The molecule has 27 heavy (non-hydrogen) atoms. The summed E-state index contributed by atoms with van der Waals surface area (Å²) in [5.41, 5.74) is 1.82. The molecule has 1 aliphatic carbocycles. The molecule has 9 heteroatoms. The zero-order valence-electron chi connectivity index (χ0n) is 15.5. The van der Waals surface area contributed by atoms with Gasteiger partial charge in [0.1, 0.15) is 5.56 Å². The summed E-state index contributed by atoms with van der Waals surface area (Å²) in [7, 11) is 1.61. The number of hydrogen-bond acceptors (Lipinski definition) is 6. The number of hydrogen-bond donors (Lipinski definition) is 3. The Balaban J connectivity index is 1.72. The van der Waals surface area contributed by atoms with E-state index in [4.69, 9.17) is 9.84 Å². The van der Waals surface area contributed by atoms with Crippen molar-refractivity contribution < 1.29 is 19.4 Å². The molecule has 0 radical (unpaired) electrons. The fourth-order valence-corrected chi connectivity index (χ4v) is 3.51. The Morgan fingerprint density at radius 3 is 2.93 bits per heavy atom. The summed E-state index contributed by atoms with van der Waals surface area (Å²) < 4.78 is 7.09.